The zero-order chi connectivity index (χ0) is 26.3. The van der Waals surface area contributed by atoms with Crippen LogP contribution in [0.1, 0.15) is 54.9 Å². The average molecular weight is 522 g/mol. The summed E-state index contributed by atoms with van der Waals surface area (Å²) < 4.78 is 7.52. The molecule has 0 spiro atoms. The second-order valence-corrected chi connectivity index (χ2v) is 9.69. The van der Waals surface area contributed by atoms with Crippen molar-refractivity contribution in [1.82, 2.24) is 29.7 Å². The lowest BCUT2D eigenvalue weighted by Crippen LogP contribution is -2.40. The maximum Gasteiger partial charge on any atom is 0.312 e. The topological polar surface area (TPSA) is 152 Å². The number of hydrogen-bond acceptors (Lipinski definition) is 8. The van der Waals surface area contributed by atoms with Crippen LogP contribution in [-0.2, 0) is 4.74 Å². The van der Waals surface area contributed by atoms with Gasteiger partial charge in [-0.05, 0) is 49.9 Å². The summed E-state index contributed by atoms with van der Waals surface area (Å²) in [5, 5.41) is 9.30. The minimum absolute atomic E-state index is 0.0112. The van der Waals surface area contributed by atoms with Crippen LogP contribution in [0.25, 0.3) is 11.2 Å². The molecule has 1 aliphatic heterocycles. The Balaban J connectivity index is 1.33. The molecule has 2 fully saturated rings. The molecule has 0 atom stereocenters. The van der Waals surface area contributed by atoms with E-state index >= 15 is 0 Å². The molecule has 2 aliphatic rings. The van der Waals surface area contributed by atoms with Crippen LogP contribution in [-0.4, -0.2) is 75.8 Å². The van der Waals surface area contributed by atoms with Crippen molar-refractivity contribution in [2.75, 3.05) is 50.0 Å². The molecule has 12 nitrogen and oxygen atoms in total. The van der Waals surface area contributed by atoms with E-state index in [2.05, 4.69) is 25.5 Å². The third kappa shape index (κ3) is 6.13. The van der Waals surface area contributed by atoms with Crippen LogP contribution < -0.4 is 21.7 Å². The number of aromatic nitrogens is 4. The van der Waals surface area contributed by atoms with Crippen molar-refractivity contribution in [3.63, 3.8) is 0 Å². The molecule has 0 unspecified atom stereocenters. The van der Waals surface area contributed by atoms with Crippen LogP contribution in [0.2, 0.25) is 0 Å². The molecule has 202 valence electrons. The quantitative estimate of drug-likeness (QED) is 0.297. The highest BCUT2D eigenvalue weighted by molar-refractivity contribution is 5.95. The Labute approximate surface area is 221 Å². The van der Waals surface area contributed by atoms with Crippen molar-refractivity contribution in [3.05, 3.63) is 36.2 Å². The fourth-order valence-electron chi connectivity index (χ4n) is 4.98. The molecule has 1 aromatic carbocycles. The SMILES string of the molecule is NC(=O)NCCCCNc1nc(Nc2ccc(C(=O)N3CCOCC3)cc2)c2ncn(C3CCCC3)c2n1. The third-order valence-electron chi connectivity index (χ3n) is 7.02. The lowest BCUT2D eigenvalue weighted by molar-refractivity contribution is 0.0303. The number of fused-ring (bicyclic) bond motifs is 1. The highest BCUT2D eigenvalue weighted by Gasteiger charge is 2.22. The number of amides is 3. The molecule has 3 heterocycles. The number of carbonyl (C=O) groups is 2. The number of rotatable bonds is 10. The standard InChI is InChI=1S/C26H35N9O3/c27-25(37)28-11-3-4-12-29-26-32-22(21-23(33-26)35(17-30-21)20-5-1-2-6-20)31-19-9-7-18(8-10-19)24(36)34-13-15-38-16-14-34/h7-10,17,20H,1-6,11-16H2,(H3,27,28,37)(H2,29,31,32,33). The predicted octanol–water partition coefficient (Wildman–Crippen LogP) is 3.02. The number of nitrogens with one attached hydrogen (secondary N) is 3. The van der Waals surface area contributed by atoms with Crippen molar-refractivity contribution >= 4 is 40.6 Å². The Morgan fingerprint density at radius 1 is 1.03 bits per heavy atom. The molecule has 1 aliphatic carbocycles. The van der Waals surface area contributed by atoms with Gasteiger partial charge < -0.3 is 35.9 Å². The van der Waals surface area contributed by atoms with Gasteiger partial charge in [-0.2, -0.15) is 9.97 Å². The maximum absolute atomic E-state index is 12.8. The molecule has 5 N–H and O–H groups in total. The Morgan fingerprint density at radius 2 is 1.76 bits per heavy atom. The number of unbranched alkanes of at least 4 members (excludes halogenated alkanes) is 1. The van der Waals surface area contributed by atoms with Crippen LogP contribution in [0.15, 0.2) is 30.6 Å². The van der Waals surface area contributed by atoms with E-state index in [0.29, 0.717) is 68.3 Å². The minimum atomic E-state index is -0.513. The first-order chi connectivity index (χ1) is 18.6. The normalized spacial score (nSPS) is 16.1. The van der Waals surface area contributed by atoms with Gasteiger partial charge in [-0.3, -0.25) is 4.79 Å². The lowest BCUT2D eigenvalue weighted by atomic mass is 10.1. The molecule has 5 rings (SSSR count). The number of carbonyl (C=O) groups excluding carboxylic acids is 2. The number of primary amides is 1. The second-order valence-electron chi connectivity index (χ2n) is 9.69. The molecule has 12 heteroatoms. The summed E-state index contributed by atoms with van der Waals surface area (Å²) in [6.07, 6.45) is 8.13. The van der Waals surface area contributed by atoms with E-state index in [9.17, 15) is 9.59 Å². The molecule has 3 amide bonds. The summed E-state index contributed by atoms with van der Waals surface area (Å²) in [4.78, 5) is 39.7. The molecule has 38 heavy (non-hydrogen) atoms. The monoisotopic (exact) mass is 521 g/mol. The Kier molecular flexibility index (Phi) is 8.17. The van der Waals surface area contributed by atoms with E-state index in [1.165, 1.54) is 12.8 Å². The number of hydrogen-bond donors (Lipinski definition) is 4. The van der Waals surface area contributed by atoms with E-state index < -0.39 is 6.03 Å². The van der Waals surface area contributed by atoms with Gasteiger partial charge in [0.05, 0.1) is 19.5 Å². The summed E-state index contributed by atoms with van der Waals surface area (Å²) in [6.45, 7) is 3.55. The summed E-state index contributed by atoms with van der Waals surface area (Å²) in [7, 11) is 0. The van der Waals surface area contributed by atoms with Crippen LogP contribution in [0, 0.1) is 0 Å². The number of nitrogens with two attached hydrogens (primary N) is 1. The number of anilines is 3. The summed E-state index contributed by atoms with van der Waals surface area (Å²) in [5.74, 6) is 1.13. The number of benzene rings is 1. The van der Waals surface area contributed by atoms with Gasteiger partial charge in [-0.15, -0.1) is 0 Å². The zero-order valence-corrected chi connectivity index (χ0v) is 21.5. The molecule has 0 bridgehead atoms. The van der Waals surface area contributed by atoms with Crippen LogP contribution in [0.3, 0.4) is 0 Å². The highest BCUT2D eigenvalue weighted by Crippen LogP contribution is 2.33. The summed E-state index contributed by atoms with van der Waals surface area (Å²) in [5.41, 5.74) is 8.08. The van der Waals surface area contributed by atoms with Gasteiger partial charge in [-0.25, -0.2) is 9.78 Å². The van der Waals surface area contributed by atoms with Gasteiger partial charge in [0.2, 0.25) is 5.95 Å². The van der Waals surface area contributed by atoms with Gasteiger partial charge in [0.15, 0.2) is 17.0 Å². The van der Waals surface area contributed by atoms with E-state index in [-0.39, 0.29) is 5.91 Å². The van der Waals surface area contributed by atoms with Crippen molar-refractivity contribution in [1.29, 1.82) is 0 Å². The fraction of sp³-hybridized carbons (Fsp3) is 0.500. The van der Waals surface area contributed by atoms with E-state index in [0.717, 1.165) is 37.0 Å². The van der Waals surface area contributed by atoms with Gasteiger partial charge in [0.25, 0.3) is 5.91 Å². The zero-order valence-electron chi connectivity index (χ0n) is 21.5. The number of imidazole rings is 1. The Bertz CT molecular complexity index is 1250. The van der Waals surface area contributed by atoms with E-state index in [4.69, 9.17) is 20.4 Å². The van der Waals surface area contributed by atoms with Crippen molar-refractivity contribution < 1.29 is 14.3 Å². The molecular weight excluding hydrogens is 486 g/mol. The van der Waals surface area contributed by atoms with E-state index in [1.54, 1.807) is 0 Å². The van der Waals surface area contributed by atoms with Crippen molar-refractivity contribution in [2.24, 2.45) is 5.73 Å². The number of ether oxygens (including phenoxy) is 1. The minimum Gasteiger partial charge on any atom is -0.378 e. The molecule has 2 aromatic heterocycles. The fourth-order valence-corrected chi connectivity index (χ4v) is 4.98. The average Bonchev–Trinajstić information content (AvgIpc) is 3.61. The van der Waals surface area contributed by atoms with E-state index in [1.807, 2.05) is 35.5 Å². The van der Waals surface area contributed by atoms with Gasteiger partial charge in [-0.1, -0.05) is 12.8 Å². The van der Waals surface area contributed by atoms with Gasteiger partial charge >= 0.3 is 6.03 Å². The van der Waals surface area contributed by atoms with Gasteiger partial charge in [0, 0.05) is 43.5 Å². The first-order valence-corrected chi connectivity index (χ1v) is 13.3. The Hall–Kier alpha value is -3.93. The molecule has 1 saturated heterocycles. The van der Waals surface area contributed by atoms with Crippen molar-refractivity contribution in [3.8, 4) is 0 Å². The lowest BCUT2D eigenvalue weighted by Gasteiger charge is -2.26. The third-order valence-corrected chi connectivity index (χ3v) is 7.02. The summed E-state index contributed by atoms with van der Waals surface area (Å²) in [6, 6.07) is 7.30. The molecule has 1 saturated carbocycles. The highest BCUT2D eigenvalue weighted by atomic mass is 16.5. The smallest absolute Gasteiger partial charge is 0.312 e. The van der Waals surface area contributed by atoms with Crippen LogP contribution in [0.5, 0.6) is 0 Å². The van der Waals surface area contributed by atoms with Crippen LogP contribution in [0.4, 0.5) is 22.2 Å². The second kappa shape index (κ2) is 12.1. The van der Waals surface area contributed by atoms with Gasteiger partial charge in [0.1, 0.15) is 0 Å². The predicted molar refractivity (Wildman–Crippen MR) is 145 cm³/mol. The molecular formula is C26H35N9O3. The largest absolute Gasteiger partial charge is 0.378 e. The number of urea groups is 1. The first-order valence-electron chi connectivity index (χ1n) is 13.3. The molecule has 3 aromatic rings. The van der Waals surface area contributed by atoms with Crippen molar-refractivity contribution in [2.45, 2.75) is 44.6 Å². The first kappa shape index (κ1) is 25.7. The number of nitrogens with zero attached hydrogens (tertiary/aromatic N) is 5. The van der Waals surface area contributed by atoms with Crippen LogP contribution >= 0.6 is 0 Å². The molecule has 0 radical (unpaired) electrons. The maximum atomic E-state index is 12.8. The Morgan fingerprint density at radius 3 is 2.50 bits per heavy atom. The number of morpholine rings is 1. The summed E-state index contributed by atoms with van der Waals surface area (Å²) >= 11 is 0.